The summed E-state index contributed by atoms with van der Waals surface area (Å²) < 4.78 is 10.5. The van der Waals surface area contributed by atoms with Gasteiger partial charge < -0.3 is 20.1 Å². The summed E-state index contributed by atoms with van der Waals surface area (Å²) in [5.74, 6) is 1.48. The molecule has 0 bridgehead atoms. The molecule has 0 aromatic heterocycles. The number of amides is 1. The van der Waals surface area contributed by atoms with E-state index in [1.807, 2.05) is 49.4 Å². The number of carbonyl (C=O) groups is 1. The molecule has 0 saturated heterocycles. The normalized spacial score (nSPS) is 10.4. The lowest BCUT2D eigenvalue weighted by Crippen LogP contribution is -2.23. The van der Waals surface area contributed by atoms with E-state index in [4.69, 9.17) is 9.47 Å². The average Bonchev–Trinajstić information content (AvgIpc) is 2.63. The summed E-state index contributed by atoms with van der Waals surface area (Å²) in [6.45, 7) is 3.46. The van der Waals surface area contributed by atoms with Crippen LogP contribution in [0.5, 0.6) is 11.5 Å². The van der Waals surface area contributed by atoms with Crippen LogP contribution in [-0.4, -0.2) is 33.2 Å². The van der Waals surface area contributed by atoms with Crippen LogP contribution in [0.1, 0.15) is 17.5 Å². The molecule has 5 heteroatoms. The highest BCUT2D eigenvalue weighted by Crippen LogP contribution is 2.27. The highest BCUT2D eigenvalue weighted by molar-refractivity contribution is 5.90. The zero-order valence-electron chi connectivity index (χ0n) is 15.1. The molecule has 2 N–H and O–H groups in total. The summed E-state index contributed by atoms with van der Waals surface area (Å²) in [6, 6.07) is 13.7. The van der Waals surface area contributed by atoms with Gasteiger partial charge in [0.05, 0.1) is 14.2 Å². The summed E-state index contributed by atoms with van der Waals surface area (Å²) in [4.78, 5) is 11.9. The van der Waals surface area contributed by atoms with E-state index in [1.165, 1.54) is 5.56 Å². The number of hydrogen-bond acceptors (Lipinski definition) is 4. The topological polar surface area (TPSA) is 59.6 Å². The molecule has 0 aliphatic carbocycles. The Bertz CT molecular complexity index is 684. The molecule has 2 aromatic carbocycles. The largest absolute Gasteiger partial charge is 0.493 e. The lowest BCUT2D eigenvalue weighted by Gasteiger charge is -2.10. The maximum Gasteiger partial charge on any atom is 0.225 e. The van der Waals surface area contributed by atoms with Crippen molar-refractivity contribution in [3.63, 3.8) is 0 Å². The van der Waals surface area contributed by atoms with E-state index in [-0.39, 0.29) is 5.91 Å². The lowest BCUT2D eigenvalue weighted by molar-refractivity contribution is -0.116. The molecule has 2 rings (SSSR count). The molecule has 1 amide bonds. The van der Waals surface area contributed by atoms with Crippen molar-refractivity contribution in [2.24, 2.45) is 0 Å². The molecule has 5 nitrogen and oxygen atoms in total. The Morgan fingerprint density at radius 2 is 1.68 bits per heavy atom. The number of rotatable bonds is 9. The van der Waals surface area contributed by atoms with Gasteiger partial charge in [-0.3, -0.25) is 4.79 Å². The van der Waals surface area contributed by atoms with Gasteiger partial charge >= 0.3 is 0 Å². The summed E-state index contributed by atoms with van der Waals surface area (Å²) in [5.41, 5.74) is 3.17. The van der Waals surface area contributed by atoms with Crippen LogP contribution in [0.4, 0.5) is 5.69 Å². The van der Waals surface area contributed by atoms with Gasteiger partial charge in [0.1, 0.15) is 0 Å². The fourth-order valence-corrected chi connectivity index (χ4v) is 2.46. The van der Waals surface area contributed by atoms with Gasteiger partial charge in [0, 0.05) is 18.7 Å². The number of hydrogen-bond donors (Lipinski definition) is 2. The van der Waals surface area contributed by atoms with E-state index in [1.54, 1.807) is 14.2 Å². The first-order chi connectivity index (χ1) is 12.1. The van der Waals surface area contributed by atoms with Crippen molar-refractivity contribution in [1.29, 1.82) is 0 Å². The zero-order chi connectivity index (χ0) is 18.1. The van der Waals surface area contributed by atoms with Crippen molar-refractivity contribution < 1.29 is 14.3 Å². The minimum atomic E-state index is 0.0162. The van der Waals surface area contributed by atoms with Crippen molar-refractivity contribution in [3.8, 4) is 11.5 Å². The monoisotopic (exact) mass is 342 g/mol. The van der Waals surface area contributed by atoms with Gasteiger partial charge in [-0.25, -0.2) is 0 Å². The fourth-order valence-electron chi connectivity index (χ4n) is 2.46. The number of aryl methyl sites for hydroxylation is 1. The molecule has 2 aromatic rings. The van der Waals surface area contributed by atoms with E-state index in [9.17, 15) is 4.79 Å². The van der Waals surface area contributed by atoms with Gasteiger partial charge in [0.25, 0.3) is 0 Å². The van der Waals surface area contributed by atoms with Crippen molar-refractivity contribution in [1.82, 2.24) is 5.32 Å². The van der Waals surface area contributed by atoms with Gasteiger partial charge in [-0.05, 0) is 49.7 Å². The number of carbonyl (C=O) groups excluding carboxylic acids is 1. The number of benzene rings is 2. The highest BCUT2D eigenvalue weighted by Gasteiger charge is 2.05. The van der Waals surface area contributed by atoms with Crippen LogP contribution in [-0.2, 0) is 11.2 Å². The number of anilines is 1. The van der Waals surface area contributed by atoms with Crippen molar-refractivity contribution in [2.45, 2.75) is 19.8 Å². The Morgan fingerprint density at radius 1 is 0.960 bits per heavy atom. The molecule has 0 radical (unpaired) electrons. The van der Waals surface area contributed by atoms with Gasteiger partial charge in [-0.2, -0.15) is 0 Å². The zero-order valence-corrected chi connectivity index (χ0v) is 15.1. The van der Waals surface area contributed by atoms with E-state index in [0.717, 1.165) is 35.7 Å². The van der Waals surface area contributed by atoms with Crippen LogP contribution in [0.3, 0.4) is 0 Å². The number of methoxy groups -OCH3 is 2. The Morgan fingerprint density at radius 3 is 2.36 bits per heavy atom. The molecule has 0 unspecified atom stereocenters. The molecular formula is C20H26N2O3. The molecule has 0 aliphatic rings. The second kappa shape index (κ2) is 9.69. The van der Waals surface area contributed by atoms with Crippen LogP contribution < -0.4 is 20.1 Å². The minimum Gasteiger partial charge on any atom is -0.493 e. The van der Waals surface area contributed by atoms with Crippen LogP contribution in [0, 0.1) is 6.92 Å². The first-order valence-corrected chi connectivity index (χ1v) is 8.40. The van der Waals surface area contributed by atoms with E-state index in [0.29, 0.717) is 13.0 Å². The Hall–Kier alpha value is -2.53. The van der Waals surface area contributed by atoms with E-state index in [2.05, 4.69) is 10.6 Å². The minimum absolute atomic E-state index is 0.0162. The van der Waals surface area contributed by atoms with Crippen LogP contribution in [0.2, 0.25) is 0 Å². The van der Waals surface area contributed by atoms with Crippen LogP contribution >= 0.6 is 0 Å². The van der Waals surface area contributed by atoms with Gasteiger partial charge in [0.2, 0.25) is 5.91 Å². The van der Waals surface area contributed by atoms with Crippen molar-refractivity contribution in [3.05, 3.63) is 53.6 Å². The van der Waals surface area contributed by atoms with Gasteiger partial charge in [0.15, 0.2) is 11.5 Å². The van der Waals surface area contributed by atoms with Gasteiger partial charge in [-0.1, -0.05) is 23.8 Å². The first kappa shape index (κ1) is 18.8. The SMILES string of the molecule is COc1ccc(CCNCCC(=O)Nc2ccc(C)cc2)cc1OC. The van der Waals surface area contributed by atoms with E-state index >= 15 is 0 Å². The molecule has 0 atom stereocenters. The van der Waals surface area contributed by atoms with E-state index < -0.39 is 0 Å². The summed E-state index contributed by atoms with van der Waals surface area (Å²) in [6.07, 6.45) is 1.31. The predicted octanol–water partition coefficient (Wildman–Crippen LogP) is 3.17. The maximum absolute atomic E-state index is 11.9. The Balaban J connectivity index is 1.67. The molecule has 134 valence electrons. The fraction of sp³-hybridized carbons (Fsp3) is 0.350. The Labute approximate surface area is 149 Å². The van der Waals surface area contributed by atoms with Gasteiger partial charge in [-0.15, -0.1) is 0 Å². The molecule has 0 saturated carbocycles. The molecular weight excluding hydrogens is 316 g/mol. The van der Waals surface area contributed by atoms with Crippen molar-refractivity contribution in [2.75, 3.05) is 32.6 Å². The lowest BCUT2D eigenvalue weighted by atomic mass is 10.1. The summed E-state index contributed by atoms with van der Waals surface area (Å²) in [5, 5.41) is 6.19. The number of ether oxygens (including phenoxy) is 2. The summed E-state index contributed by atoms with van der Waals surface area (Å²) >= 11 is 0. The molecule has 0 aliphatic heterocycles. The Kier molecular flexibility index (Phi) is 7.29. The highest BCUT2D eigenvalue weighted by atomic mass is 16.5. The summed E-state index contributed by atoms with van der Waals surface area (Å²) in [7, 11) is 3.26. The van der Waals surface area contributed by atoms with Crippen molar-refractivity contribution >= 4 is 11.6 Å². The molecule has 25 heavy (non-hydrogen) atoms. The standard InChI is InChI=1S/C20H26N2O3/c1-15-4-7-17(8-5-15)22-20(23)11-13-21-12-10-16-6-9-18(24-2)19(14-16)25-3/h4-9,14,21H,10-13H2,1-3H3,(H,22,23). The first-order valence-electron chi connectivity index (χ1n) is 8.40. The second-order valence-corrected chi connectivity index (χ2v) is 5.85. The molecule has 0 fully saturated rings. The number of nitrogens with one attached hydrogen (secondary N) is 2. The third-order valence-electron chi connectivity index (χ3n) is 3.90. The van der Waals surface area contributed by atoms with Crippen LogP contribution in [0.25, 0.3) is 0 Å². The third kappa shape index (κ3) is 6.12. The third-order valence-corrected chi connectivity index (χ3v) is 3.90. The predicted molar refractivity (Wildman–Crippen MR) is 101 cm³/mol. The molecule has 0 spiro atoms. The second-order valence-electron chi connectivity index (χ2n) is 5.85. The van der Waals surface area contributed by atoms with Crippen LogP contribution in [0.15, 0.2) is 42.5 Å². The maximum atomic E-state index is 11.9. The molecule has 0 heterocycles. The quantitative estimate of drug-likeness (QED) is 0.687. The smallest absolute Gasteiger partial charge is 0.225 e. The average molecular weight is 342 g/mol.